The normalized spacial score (nSPS) is 19.7. The van der Waals surface area contributed by atoms with Crippen molar-refractivity contribution in [2.24, 2.45) is 0 Å². The Bertz CT molecular complexity index is 610. The molecular formula is C12H11F2N3O. The predicted molar refractivity (Wildman–Crippen MR) is 61.5 cm³/mol. The Morgan fingerprint density at radius 2 is 2.33 bits per heavy atom. The Morgan fingerprint density at radius 3 is 3.06 bits per heavy atom. The zero-order valence-electron chi connectivity index (χ0n) is 9.49. The van der Waals surface area contributed by atoms with E-state index < -0.39 is 17.9 Å². The number of carbonyl (C=O) groups is 1. The van der Waals surface area contributed by atoms with E-state index in [4.69, 9.17) is 0 Å². The minimum absolute atomic E-state index is 0.0386. The van der Waals surface area contributed by atoms with Crippen molar-refractivity contribution in [2.45, 2.75) is 12.6 Å². The average Bonchev–Trinajstić information content (AvgIpc) is 2.95. The molecule has 0 saturated carbocycles. The molecular weight excluding hydrogens is 240 g/mol. The summed E-state index contributed by atoms with van der Waals surface area (Å²) >= 11 is 0. The lowest BCUT2D eigenvalue weighted by atomic mass is 10.1. The summed E-state index contributed by atoms with van der Waals surface area (Å²) in [6.07, 6.45) is 0.746. The molecule has 3 rings (SSSR count). The van der Waals surface area contributed by atoms with Gasteiger partial charge in [0.15, 0.2) is 0 Å². The number of amides is 1. The van der Waals surface area contributed by atoms with Crippen LogP contribution in [-0.2, 0) is 0 Å². The van der Waals surface area contributed by atoms with Crippen LogP contribution in [0.15, 0.2) is 18.5 Å². The van der Waals surface area contributed by atoms with E-state index in [1.165, 1.54) is 23.4 Å². The molecule has 0 spiro atoms. The number of rotatable bonds is 1. The molecule has 0 unspecified atom stereocenters. The van der Waals surface area contributed by atoms with E-state index in [9.17, 15) is 13.6 Å². The molecule has 2 heterocycles. The lowest BCUT2D eigenvalue weighted by molar-refractivity contribution is 0.0778. The van der Waals surface area contributed by atoms with Gasteiger partial charge in [-0.1, -0.05) is 0 Å². The third kappa shape index (κ3) is 1.73. The van der Waals surface area contributed by atoms with Gasteiger partial charge in [-0.3, -0.25) is 4.79 Å². The van der Waals surface area contributed by atoms with Crippen molar-refractivity contribution in [3.8, 4) is 0 Å². The number of imidazole rings is 1. The zero-order chi connectivity index (χ0) is 12.7. The van der Waals surface area contributed by atoms with Gasteiger partial charge >= 0.3 is 0 Å². The molecule has 1 aliphatic heterocycles. The Morgan fingerprint density at radius 1 is 1.50 bits per heavy atom. The maximum Gasteiger partial charge on any atom is 0.257 e. The Kier molecular flexibility index (Phi) is 2.50. The number of halogens is 2. The van der Waals surface area contributed by atoms with E-state index in [1.54, 1.807) is 0 Å². The zero-order valence-corrected chi connectivity index (χ0v) is 9.49. The van der Waals surface area contributed by atoms with Crippen molar-refractivity contribution in [1.29, 1.82) is 0 Å². The molecule has 1 aliphatic rings. The van der Waals surface area contributed by atoms with Crippen LogP contribution in [0.4, 0.5) is 8.78 Å². The fourth-order valence-corrected chi connectivity index (χ4v) is 2.19. The average molecular weight is 251 g/mol. The van der Waals surface area contributed by atoms with Gasteiger partial charge in [0, 0.05) is 12.6 Å². The summed E-state index contributed by atoms with van der Waals surface area (Å²) in [6.45, 7) is 0.370. The molecule has 2 aromatic rings. The quantitative estimate of drug-likeness (QED) is 0.841. The predicted octanol–water partition coefficient (Wildman–Crippen LogP) is 1.89. The van der Waals surface area contributed by atoms with E-state index in [2.05, 4.69) is 9.97 Å². The molecule has 1 saturated heterocycles. The van der Waals surface area contributed by atoms with Crippen LogP contribution in [-0.4, -0.2) is 40.0 Å². The van der Waals surface area contributed by atoms with E-state index in [0.717, 1.165) is 0 Å². The molecule has 18 heavy (non-hydrogen) atoms. The third-order valence-corrected chi connectivity index (χ3v) is 3.16. The summed E-state index contributed by atoms with van der Waals surface area (Å²) in [7, 11) is 0. The number of nitrogens with zero attached hydrogens (tertiary/aromatic N) is 2. The SMILES string of the molecule is O=C(c1cc2nc[nH]c2cc1F)N1CC[C@H](F)C1. The first-order chi connectivity index (χ1) is 8.65. The highest BCUT2D eigenvalue weighted by atomic mass is 19.1. The van der Waals surface area contributed by atoms with Crippen LogP contribution < -0.4 is 0 Å². The summed E-state index contributed by atoms with van der Waals surface area (Å²) < 4.78 is 26.9. The molecule has 0 bridgehead atoms. The lowest BCUT2D eigenvalue weighted by Gasteiger charge is -2.15. The van der Waals surface area contributed by atoms with Gasteiger partial charge in [-0.25, -0.2) is 13.8 Å². The van der Waals surface area contributed by atoms with Crippen molar-refractivity contribution < 1.29 is 13.6 Å². The first-order valence-corrected chi connectivity index (χ1v) is 5.71. The smallest absolute Gasteiger partial charge is 0.257 e. The minimum Gasteiger partial charge on any atom is -0.345 e. The van der Waals surface area contributed by atoms with Gasteiger partial charge in [0.05, 0.1) is 29.5 Å². The van der Waals surface area contributed by atoms with Gasteiger partial charge in [0.2, 0.25) is 0 Å². The minimum atomic E-state index is -1.01. The largest absolute Gasteiger partial charge is 0.345 e. The van der Waals surface area contributed by atoms with Crippen LogP contribution in [0.2, 0.25) is 0 Å². The van der Waals surface area contributed by atoms with Gasteiger partial charge in [0.25, 0.3) is 5.91 Å². The van der Waals surface area contributed by atoms with Gasteiger partial charge < -0.3 is 9.88 Å². The molecule has 1 aromatic carbocycles. The molecule has 0 aliphatic carbocycles. The fourth-order valence-electron chi connectivity index (χ4n) is 2.19. The second-order valence-electron chi connectivity index (χ2n) is 4.39. The number of hydrogen-bond acceptors (Lipinski definition) is 2. The number of hydrogen-bond donors (Lipinski definition) is 1. The number of carbonyl (C=O) groups excluding carboxylic acids is 1. The molecule has 6 heteroatoms. The highest BCUT2D eigenvalue weighted by Gasteiger charge is 2.28. The van der Waals surface area contributed by atoms with E-state index >= 15 is 0 Å². The van der Waals surface area contributed by atoms with Crippen molar-refractivity contribution in [3.05, 3.63) is 29.8 Å². The van der Waals surface area contributed by atoms with Crippen LogP contribution in [0.25, 0.3) is 11.0 Å². The standard InChI is InChI=1S/C12H11F2N3O/c13-7-1-2-17(5-7)12(18)8-3-10-11(4-9(8)14)16-6-15-10/h3-4,6-7H,1-2,5H2,(H,15,16)/t7-/m0/s1. The summed E-state index contributed by atoms with van der Waals surface area (Å²) in [6, 6.07) is 2.63. The van der Waals surface area contributed by atoms with Gasteiger partial charge in [-0.05, 0) is 12.5 Å². The highest BCUT2D eigenvalue weighted by molar-refractivity contribution is 5.97. The summed E-state index contributed by atoms with van der Waals surface area (Å²) in [5.41, 5.74) is 1.01. The number of alkyl halides is 1. The molecule has 1 amide bonds. The molecule has 0 radical (unpaired) electrons. The van der Waals surface area contributed by atoms with Gasteiger partial charge in [-0.15, -0.1) is 0 Å². The first kappa shape index (κ1) is 11.1. The molecule has 4 nitrogen and oxygen atoms in total. The molecule has 1 aromatic heterocycles. The van der Waals surface area contributed by atoms with Crippen LogP contribution in [0.1, 0.15) is 16.8 Å². The molecule has 1 atom stereocenters. The number of benzene rings is 1. The van der Waals surface area contributed by atoms with Crippen LogP contribution in [0.3, 0.4) is 0 Å². The van der Waals surface area contributed by atoms with E-state index in [-0.39, 0.29) is 12.1 Å². The van der Waals surface area contributed by atoms with Crippen molar-refractivity contribution in [3.63, 3.8) is 0 Å². The first-order valence-electron chi connectivity index (χ1n) is 5.71. The maximum absolute atomic E-state index is 13.8. The second-order valence-corrected chi connectivity index (χ2v) is 4.39. The molecule has 1 N–H and O–H groups in total. The number of aromatic amines is 1. The van der Waals surface area contributed by atoms with Crippen molar-refractivity contribution >= 4 is 16.9 Å². The number of aromatic nitrogens is 2. The van der Waals surface area contributed by atoms with Crippen molar-refractivity contribution in [2.75, 3.05) is 13.1 Å². The van der Waals surface area contributed by atoms with Gasteiger partial charge in [-0.2, -0.15) is 0 Å². The second kappa shape index (κ2) is 4.04. The van der Waals surface area contributed by atoms with Crippen LogP contribution in [0.5, 0.6) is 0 Å². The third-order valence-electron chi connectivity index (χ3n) is 3.16. The summed E-state index contributed by atoms with van der Waals surface area (Å²) in [5.74, 6) is -1.09. The number of likely N-dealkylation sites (tertiary alicyclic amines) is 1. The Hall–Kier alpha value is -1.98. The number of H-pyrrole nitrogens is 1. The lowest BCUT2D eigenvalue weighted by Crippen LogP contribution is -2.29. The van der Waals surface area contributed by atoms with Crippen molar-refractivity contribution in [1.82, 2.24) is 14.9 Å². The number of fused-ring (bicyclic) bond motifs is 1. The maximum atomic E-state index is 13.8. The highest BCUT2D eigenvalue weighted by Crippen LogP contribution is 2.20. The van der Waals surface area contributed by atoms with Gasteiger partial charge in [0.1, 0.15) is 12.0 Å². The van der Waals surface area contributed by atoms with E-state index in [0.29, 0.717) is 24.0 Å². The summed E-state index contributed by atoms with van der Waals surface area (Å²) in [4.78, 5) is 20.1. The topological polar surface area (TPSA) is 49.0 Å². The van der Waals surface area contributed by atoms with Crippen LogP contribution in [0, 0.1) is 5.82 Å². The molecule has 94 valence electrons. The van der Waals surface area contributed by atoms with E-state index in [1.807, 2.05) is 0 Å². The van der Waals surface area contributed by atoms with Crippen LogP contribution >= 0.6 is 0 Å². The Labute approximate surface area is 102 Å². The Balaban J connectivity index is 1.97. The molecule has 1 fully saturated rings. The number of nitrogens with one attached hydrogen (secondary N) is 1. The fraction of sp³-hybridized carbons (Fsp3) is 0.333. The summed E-state index contributed by atoms with van der Waals surface area (Å²) in [5, 5.41) is 0. The monoisotopic (exact) mass is 251 g/mol.